The Labute approximate surface area is 228 Å². The molecule has 2 aromatic heterocycles. The van der Waals surface area contributed by atoms with Crippen molar-refractivity contribution in [3.63, 3.8) is 0 Å². The second-order valence-electron chi connectivity index (χ2n) is 10.6. The Morgan fingerprint density at radius 1 is 0.744 bits per heavy atom. The molecule has 1 N–H and O–H groups in total. The lowest BCUT2D eigenvalue weighted by atomic mass is 9.85. The second kappa shape index (κ2) is 9.66. The molecule has 5 heteroatoms. The molecule has 192 valence electrons. The lowest BCUT2D eigenvalue weighted by molar-refractivity contribution is 0.526. The molecular weight excluding hydrogens is 478 g/mol. The molecule has 4 aromatic carbocycles. The molecule has 5 nitrogen and oxygen atoms in total. The van der Waals surface area contributed by atoms with Gasteiger partial charge in [-0.3, -0.25) is 4.57 Å². The van der Waals surface area contributed by atoms with E-state index >= 15 is 0 Å². The highest BCUT2D eigenvalue weighted by atomic mass is 15.2. The van der Waals surface area contributed by atoms with Crippen molar-refractivity contribution < 1.29 is 0 Å². The van der Waals surface area contributed by atoms with E-state index in [1.54, 1.807) is 0 Å². The number of aromatic nitrogens is 4. The predicted octanol–water partition coefficient (Wildman–Crippen LogP) is 8.39. The largest absolute Gasteiger partial charge is 0.382 e. The van der Waals surface area contributed by atoms with Crippen LogP contribution in [0.5, 0.6) is 0 Å². The van der Waals surface area contributed by atoms with Gasteiger partial charge < -0.3 is 5.32 Å². The Bertz CT molecular complexity index is 1730. The van der Waals surface area contributed by atoms with Crippen molar-refractivity contribution in [1.82, 2.24) is 19.5 Å². The molecular formula is C34H31N5. The topological polar surface area (TPSA) is 55.6 Å². The molecule has 3 heterocycles. The van der Waals surface area contributed by atoms with E-state index in [0.717, 1.165) is 23.1 Å². The van der Waals surface area contributed by atoms with Crippen molar-refractivity contribution in [3.05, 3.63) is 103 Å². The van der Waals surface area contributed by atoms with E-state index in [0.29, 0.717) is 29.6 Å². The fourth-order valence-electron chi connectivity index (χ4n) is 6.17. The van der Waals surface area contributed by atoms with Crippen LogP contribution in [0.2, 0.25) is 0 Å². The van der Waals surface area contributed by atoms with Gasteiger partial charge in [0.25, 0.3) is 0 Å². The summed E-state index contributed by atoms with van der Waals surface area (Å²) in [4.78, 5) is 15.1. The first-order valence-electron chi connectivity index (χ1n) is 13.9. The molecule has 2 atom stereocenters. The number of hydrogen-bond acceptors (Lipinski definition) is 4. The van der Waals surface area contributed by atoms with E-state index in [9.17, 15) is 0 Å². The first-order chi connectivity index (χ1) is 19.2. The van der Waals surface area contributed by atoms with Crippen LogP contribution in [0, 0.1) is 0 Å². The summed E-state index contributed by atoms with van der Waals surface area (Å²) >= 11 is 0. The minimum atomic E-state index is 0.411. The summed E-state index contributed by atoms with van der Waals surface area (Å²) in [7, 11) is 0. The number of nitrogens with zero attached hydrogens (tertiary/aromatic N) is 4. The van der Waals surface area contributed by atoms with Crippen molar-refractivity contribution in [1.29, 1.82) is 0 Å². The van der Waals surface area contributed by atoms with Gasteiger partial charge in [-0.1, -0.05) is 105 Å². The smallest absolute Gasteiger partial charge is 0.238 e. The number of anilines is 1. The maximum Gasteiger partial charge on any atom is 0.238 e. The normalized spacial score (nSPS) is 16.8. The molecule has 2 unspecified atom stereocenters. The first-order valence-corrected chi connectivity index (χ1v) is 13.9. The third kappa shape index (κ3) is 4.06. The lowest BCUT2D eigenvalue weighted by Gasteiger charge is -2.32. The van der Waals surface area contributed by atoms with Gasteiger partial charge in [0.2, 0.25) is 5.95 Å². The molecule has 0 aliphatic carbocycles. The molecule has 0 saturated heterocycles. The van der Waals surface area contributed by atoms with Crippen LogP contribution in [0.4, 0.5) is 5.69 Å². The highest BCUT2D eigenvalue weighted by Gasteiger charge is 2.28. The predicted molar refractivity (Wildman–Crippen MR) is 160 cm³/mol. The molecule has 39 heavy (non-hydrogen) atoms. The third-order valence-electron chi connectivity index (χ3n) is 7.89. The molecule has 1 aliphatic rings. The molecule has 0 spiro atoms. The van der Waals surface area contributed by atoms with Crippen molar-refractivity contribution >= 4 is 27.5 Å². The number of fused-ring (bicyclic) bond motifs is 5. The van der Waals surface area contributed by atoms with Crippen molar-refractivity contribution in [3.8, 4) is 28.7 Å². The Morgan fingerprint density at radius 2 is 1.38 bits per heavy atom. The molecule has 0 bridgehead atoms. The minimum Gasteiger partial charge on any atom is -0.382 e. The standard InChI is InChI=1S/C34H31N5/c1-3-12-25-21-22(2)30-28(35-25)20-19-27-26-17-10-11-18-29(26)39(31(27)30)34-37-32(23-13-6-4-7-14-23)36-33(38-34)24-15-8-5-9-16-24/h4-11,13-20,22,25,35H,3,12,21H2,1-2H3. The summed E-state index contributed by atoms with van der Waals surface area (Å²) in [6.07, 6.45) is 3.47. The van der Waals surface area contributed by atoms with Crippen LogP contribution in [0.1, 0.15) is 44.6 Å². The lowest BCUT2D eigenvalue weighted by Crippen LogP contribution is -2.27. The van der Waals surface area contributed by atoms with Gasteiger partial charge in [-0.15, -0.1) is 0 Å². The molecule has 7 rings (SSSR count). The van der Waals surface area contributed by atoms with Crippen LogP contribution in [0.3, 0.4) is 0 Å². The van der Waals surface area contributed by atoms with Gasteiger partial charge in [-0.05, 0) is 30.9 Å². The highest BCUT2D eigenvalue weighted by Crippen LogP contribution is 2.44. The second-order valence-corrected chi connectivity index (χ2v) is 10.6. The zero-order valence-electron chi connectivity index (χ0n) is 22.3. The number of nitrogens with one attached hydrogen (secondary N) is 1. The molecule has 0 radical (unpaired) electrons. The zero-order valence-corrected chi connectivity index (χ0v) is 22.3. The number of hydrogen-bond donors (Lipinski definition) is 1. The van der Waals surface area contributed by atoms with Crippen LogP contribution >= 0.6 is 0 Å². The number of rotatable bonds is 5. The maximum absolute atomic E-state index is 5.11. The quantitative estimate of drug-likeness (QED) is 0.253. The summed E-state index contributed by atoms with van der Waals surface area (Å²) in [5, 5.41) is 6.29. The third-order valence-corrected chi connectivity index (χ3v) is 7.89. The summed E-state index contributed by atoms with van der Waals surface area (Å²) < 4.78 is 2.27. The van der Waals surface area contributed by atoms with Gasteiger partial charge in [0.1, 0.15) is 0 Å². The maximum atomic E-state index is 5.11. The van der Waals surface area contributed by atoms with E-state index in [1.807, 2.05) is 36.4 Å². The van der Waals surface area contributed by atoms with Gasteiger partial charge >= 0.3 is 0 Å². The Kier molecular flexibility index (Phi) is 5.85. The Morgan fingerprint density at radius 3 is 2.05 bits per heavy atom. The number of para-hydroxylation sites is 1. The van der Waals surface area contributed by atoms with E-state index < -0.39 is 0 Å². The fraction of sp³-hybridized carbons (Fsp3) is 0.206. The summed E-state index contributed by atoms with van der Waals surface area (Å²) in [6.45, 7) is 4.63. The van der Waals surface area contributed by atoms with Gasteiger partial charge in [0.05, 0.1) is 11.0 Å². The molecule has 0 saturated carbocycles. The van der Waals surface area contributed by atoms with E-state index in [1.165, 1.54) is 40.4 Å². The highest BCUT2D eigenvalue weighted by molar-refractivity contribution is 6.11. The summed E-state index contributed by atoms with van der Waals surface area (Å²) in [5.74, 6) is 2.40. The van der Waals surface area contributed by atoms with E-state index in [2.05, 4.69) is 84.4 Å². The average Bonchev–Trinajstić information content (AvgIpc) is 3.32. The molecule has 0 fully saturated rings. The zero-order chi connectivity index (χ0) is 26.3. The van der Waals surface area contributed by atoms with Crippen molar-refractivity contribution in [2.45, 2.75) is 45.1 Å². The van der Waals surface area contributed by atoms with E-state index in [4.69, 9.17) is 15.0 Å². The number of benzene rings is 4. The van der Waals surface area contributed by atoms with Crippen LogP contribution in [0.25, 0.3) is 50.5 Å². The monoisotopic (exact) mass is 509 g/mol. The molecule has 1 aliphatic heterocycles. The summed E-state index contributed by atoms with van der Waals surface area (Å²) in [5.41, 5.74) is 6.81. The molecule has 6 aromatic rings. The van der Waals surface area contributed by atoms with E-state index in [-0.39, 0.29) is 0 Å². The SMILES string of the molecule is CCCC1CC(C)c2c(ccc3c4ccccc4n(-c4nc(-c5ccccc5)nc(-c5ccccc5)n4)c23)N1. The summed E-state index contributed by atoms with van der Waals surface area (Å²) in [6, 6.07) is 34.0. The van der Waals surface area contributed by atoms with Crippen LogP contribution in [0.15, 0.2) is 97.1 Å². The first kappa shape index (κ1) is 23.6. The van der Waals surface area contributed by atoms with Crippen LogP contribution in [-0.2, 0) is 0 Å². The van der Waals surface area contributed by atoms with Gasteiger partial charge in [0, 0.05) is 39.2 Å². The fourth-order valence-corrected chi connectivity index (χ4v) is 6.17. The van der Waals surface area contributed by atoms with Crippen LogP contribution in [-0.4, -0.2) is 25.6 Å². The average molecular weight is 510 g/mol. The van der Waals surface area contributed by atoms with Gasteiger partial charge in [0.15, 0.2) is 11.6 Å². The minimum absolute atomic E-state index is 0.411. The van der Waals surface area contributed by atoms with Crippen molar-refractivity contribution in [2.24, 2.45) is 0 Å². The Hall–Kier alpha value is -4.51. The molecule has 0 amide bonds. The van der Waals surface area contributed by atoms with Crippen LogP contribution < -0.4 is 5.32 Å². The Balaban J connectivity index is 1.55. The van der Waals surface area contributed by atoms with Gasteiger partial charge in [-0.25, -0.2) is 4.98 Å². The van der Waals surface area contributed by atoms with Crippen molar-refractivity contribution in [2.75, 3.05) is 5.32 Å². The van der Waals surface area contributed by atoms with Gasteiger partial charge in [-0.2, -0.15) is 9.97 Å².